The molecule has 0 aliphatic carbocycles. The highest BCUT2D eigenvalue weighted by Gasteiger charge is 2.03. The van der Waals surface area contributed by atoms with Crippen LogP contribution in [0, 0.1) is 5.82 Å². The van der Waals surface area contributed by atoms with Gasteiger partial charge in [0.05, 0.1) is 7.11 Å². The van der Waals surface area contributed by atoms with Crippen LogP contribution in [0.5, 0.6) is 5.75 Å². The number of hydrogen-bond acceptors (Lipinski definition) is 2. The second-order valence-electron chi connectivity index (χ2n) is 3.87. The average Bonchev–Trinajstić information content (AvgIpc) is 2.34. The lowest BCUT2D eigenvalue weighted by Crippen LogP contribution is -1.97. The van der Waals surface area contributed by atoms with Gasteiger partial charge in [0, 0.05) is 5.69 Å². The van der Waals surface area contributed by atoms with Gasteiger partial charge in [0.1, 0.15) is 11.6 Å². The summed E-state index contributed by atoms with van der Waals surface area (Å²) in [5, 5.41) is 0. The molecule has 0 aromatic heterocycles. The highest BCUT2D eigenvalue weighted by Crippen LogP contribution is 2.20. The SMILES string of the molecule is COc1cccc(Cc2cc(F)ccc2N)c1. The smallest absolute Gasteiger partial charge is 0.123 e. The number of benzene rings is 2. The molecule has 2 nitrogen and oxygen atoms in total. The molecule has 0 atom stereocenters. The third-order valence-electron chi connectivity index (χ3n) is 2.63. The van der Waals surface area contributed by atoms with E-state index in [2.05, 4.69) is 0 Å². The summed E-state index contributed by atoms with van der Waals surface area (Å²) in [4.78, 5) is 0. The van der Waals surface area contributed by atoms with E-state index in [1.807, 2.05) is 24.3 Å². The zero-order chi connectivity index (χ0) is 12.3. The fraction of sp³-hybridized carbons (Fsp3) is 0.143. The molecular formula is C14H14FNO. The van der Waals surface area contributed by atoms with Gasteiger partial charge in [-0.1, -0.05) is 12.1 Å². The third kappa shape index (κ3) is 2.75. The molecule has 0 unspecified atom stereocenters. The Kier molecular flexibility index (Phi) is 3.28. The molecule has 17 heavy (non-hydrogen) atoms. The van der Waals surface area contributed by atoms with E-state index in [1.165, 1.54) is 12.1 Å². The van der Waals surface area contributed by atoms with Crippen molar-refractivity contribution in [2.24, 2.45) is 0 Å². The van der Waals surface area contributed by atoms with Gasteiger partial charge in [-0.3, -0.25) is 0 Å². The number of nitrogen functional groups attached to an aromatic ring is 1. The number of rotatable bonds is 3. The summed E-state index contributed by atoms with van der Waals surface area (Å²) in [5.41, 5.74) is 8.25. The summed E-state index contributed by atoms with van der Waals surface area (Å²) in [5.74, 6) is 0.523. The number of halogens is 1. The van der Waals surface area contributed by atoms with Crippen LogP contribution in [-0.2, 0) is 6.42 Å². The van der Waals surface area contributed by atoms with Crippen LogP contribution in [0.15, 0.2) is 42.5 Å². The van der Waals surface area contributed by atoms with Gasteiger partial charge in [0.15, 0.2) is 0 Å². The first-order valence-electron chi connectivity index (χ1n) is 5.36. The lowest BCUT2D eigenvalue weighted by Gasteiger charge is -2.07. The Labute approximate surface area is 99.8 Å². The van der Waals surface area contributed by atoms with Gasteiger partial charge in [-0.25, -0.2) is 4.39 Å². The lowest BCUT2D eigenvalue weighted by molar-refractivity contribution is 0.414. The lowest BCUT2D eigenvalue weighted by atomic mass is 10.0. The van der Waals surface area contributed by atoms with E-state index in [9.17, 15) is 4.39 Å². The molecule has 88 valence electrons. The molecule has 2 N–H and O–H groups in total. The maximum atomic E-state index is 13.1. The van der Waals surface area contributed by atoms with Crippen molar-refractivity contribution in [2.45, 2.75) is 6.42 Å². The third-order valence-corrected chi connectivity index (χ3v) is 2.63. The van der Waals surface area contributed by atoms with Crippen LogP contribution < -0.4 is 10.5 Å². The minimum atomic E-state index is -0.267. The highest BCUT2D eigenvalue weighted by molar-refractivity contribution is 5.49. The quantitative estimate of drug-likeness (QED) is 0.824. The van der Waals surface area contributed by atoms with E-state index < -0.39 is 0 Å². The van der Waals surface area contributed by atoms with Crippen molar-refractivity contribution in [2.75, 3.05) is 12.8 Å². The standard InChI is InChI=1S/C14H14FNO/c1-17-13-4-2-3-10(8-13)7-11-9-12(15)5-6-14(11)16/h2-6,8-9H,7,16H2,1H3. The topological polar surface area (TPSA) is 35.2 Å². The van der Waals surface area contributed by atoms with Crippen LogP contribution in [-0.4, -0.2) is 7.11 Å². The van der Waals surface area contributed by atoms with Crippen molar-refractivity contribution in [3.8, 4) is 5.75 Å². The second kappa shape index (κ2) is 4.87. The zero-order valence-electron chi connectivity index (χ0n) is 9.61. The van der Waals surface area contributed by atoms with Gasteiger partial charge >= 0.3 is 0 Å². The molecule has 0 amide bonds. The first kappa shape index (κ1) is 11.5. The average molecular weight is 231 g/mol. The molecular weight excluding hydrogens is 217 g/mol. The normalized spacial score (nSPS) is 10.2. The van der Waals surface area contributed by atoms with E-state index in [0.29, 0.717) is 12.1 Å². The number of ether oxygens (including phenoxy) is 1. The van der Waals surface area contributed by atoms with Crippen molar-refractivity contribution in [3.05, 3.63) is 59.4 Å². The summed E-state index contributed by atoms with van der Waals surface area (Å²) in [6, 6.07) is 12.1. The Balaban J connectivity index is 2.27. The van der Waals surface area contributed by atoms with Crippen molar-refractivity contribution in [1.29, 1.82) is 0 Å². The Morgan fingerprint density at radius 2 is 2.00 bits per heavy atom. The maximum absolute atomic E-state index is 13.1. The summed E-state index contributed by atoms with van der Waals surface area (Å²) >= 11 is 0. The molecule has 3 heteroatoms. The van der Waals surface area contributed by atoms with Gasteiger partial charge in [0.2, 0.25) is 0 Å². The molecule has 0 saturated carbocycles. The summed E-state index contributed by atoms with van der Waals surface area (Å²) in [7, 11) is 1.62. The fourth-order valence-corrected chi connectivity index (χ4v) is 1.73. The summed E-state index contributed by atoms with van der Waals surface area (Å²) < 4.78 is 18.3. The van der Waals surface area contributed by atoms with Gasteiger partial charge in [-0.2, -0.15) is 0 Å². The van der Waals surface area contributed by atoms with E-state index >= 15 is 0 Å². The molecule has 0 heterocycles. The Bertz CT molecular complexity index is 525. The Morgan fingerprint density at radius 1 is 1.18 bits per heavy atom. The molecule has 0 bridgehead atoms. The maximum Gasteiger partial charge on any atom is 0.123 e. The Hall–Kier alpha value is -2.03. The van der Waals surface area contributed by atoms with Crippen molar-refractivity contribution in [1.82, 2.24) is 0 Å². The molecule has 0 saturated heterocycles. The van der Waals surface area contributed by atoms with Gasteiger partial charge in [-0.15, -0.1) is 0 Å². The Morgan fingerprint density at radius 3 is 2.76 bits per heavy atom. The van der Waals surface area contributed by atoms with Crippen LogP contribution >= 0.6 is 0 Å². The van der Waals surface area contributed by atoms with E-state index in [4.69, 9.17) is 10.5 Å². The molecule has 0 spiro atoms. The highest BCUT2D eigenvalue weighted by atomic mass is 19.1. The largest absolute Gasteiger partial charge is 0.497 e. The predicted molar refractivity (Wildman–Crippen MR) is 66.6 cm³/mol. The van der Waals surface area contributed by atoms with E-state index in [0.717, 1.165) is 16.9 Å². The van der Waals surface area contributed by atoms with Crippen LogP contribution in [0.4, 0.5) is 10.1 Å². The number of hydrogen-bond donors (Lipinski definition) is 1. The van der Waals surface area contributed by atoms with E-state index in [-0.39, 0.29) is 5.82 Å². The van der Waals surface area contributed by atoms with Gasteiger partial charge in [0.25, 0.3) is 0 Å². The monoisotopic (exact) mass is 231 g/mol. The van der Waals surface area contributed by atoms with Crippen LogP contribution in [0.3, 0.4) is 0 Å². The number of nitrogens with two attached hydrogens (primary N) is 1. The van der Waals surface area contributed by atoms with Crippen molar-refractivity contribution >= 4 is 5.69 Å². The summed E-state index contributed by atoms with van der Waals surface area (Å²) in [6.45, 7) is 0. The first-order valence-corrected chi connectivity index (χ1v) is 5.36. The zero-order valence-corrected chi connectivity index (χ0v) is 9.61. The molecule has 2 aromatic rings. The minimum absolute atomic E-state index is 0.267. The predicted octanol–water partition coefficient (Wildman–Crippen LogP) is 3.01. The van der Waals surface area contributed by atoms with Gasteiger partial charge < -0.3 is 10.5 Å². The molecule has 0 fully saturated rings. The molecule has 0 aliphatic heterocycles. The minimum Gasteiger partial charge on any atom is -0.497 e. The second-order valence-corrected chi connectivity index (χ2v) is 3.87. The van der Waals surface area contributed by atoms with Crippen LogP contribution in [0.1, 0.15) is 11.1 Å². The van der Waals surface area contributed by atoms with Gasteiger partial charge in [-0.05, 0) is 47.9 Å². The molecule has 2 aromatic carbocycles. The van der Waals surface area contributed by atoms with Crippen LogP contribution in [0.2, 0.25) is 0 Å². The fourth-order valence-electron chi connectivity index (χ4n) is 1.73. The molecule has 0 aliphatic rings. The molecule has 2 rings (SSSR count). The first-order chi connectivity index (χ1) is 8.19. The van der Waals surface area contributed by atoms with E-state index in [1.54, 1.807) is 13.2 Å². The van der Waals surface area contributed by atoms with Crippen molar-refractivity contribution in [3.63, 3.8) is 0 Å². The van der Waals surface area contributed by atoms with Crippen LogP contribution in [0.25, 0.3) is 0 Å². The molecule has 0 radical (unpaired) electrons. The number of methoxy groups -OCH3 is 1. The van der Waals surface area contributed by atoms with Crippen molar-refractivity contribution < 1.29 is 9.13 Å². The number of anilines is 1. The summed E-state index contributed by atoms with van der Waals surface area (Å²) in [6.07, 6.45) is 0.598.